The number of rotatable bonds is 2. The number of benzene rings is 1. The van der Waals surface area contributed by atoms with Crippen LogP contribution in [0.3, 0.4) is 0 Å². The van der Waals surface area contributed by atoms with E-state index in [1.54, 1.807) is 18.2 Å². The van der Waals surface area contributed by atoms with Crippen LogP contribution in [0.25, 0.3) is 0 Å². The third-order valence-corrected chi connectivity index (χ3v) is 3.43. The topological polar surface area (TPSA) is 75.4 Å². The Morgan fingerprint density at radius 3 is 2.71 bits per heavy atom. The summed E-state index contributed by atoms with van der Waals surface area (Å²) in [7, 11) is 0. The van der Waals surface area contributed by atoms with Gasteiger partial charge in [-0.25, -0.2) is 0 Å². The normalized spacial score (nSPS) is 17.9. The zero-order chi connectivity index (χ0) is 12.5. The second-order valence-corrected chi connectivity index (χ2v) is 4.97. The van der Waals surface area contributed by atoms with Gasteiger partial charge in [-0.2, -0.15) is 0 Å². The van der Waals surface area contributed by atoms with Gasteiger partial charge in [0, 0.05) is 5.54 Å². The number of nitrogen functional groups attached to an aromatic ring is 1. The fraction of sp³-hybridized carbons (Fsp3) is 0.462. The summed E-state index contributed by atoms with van der Waals surface area (Å²) in [6.45, 7) is 2.04. The fourth-order valence-electron chi connectivity index (χ4n) is 2.37. The Morgan fingerprint density at radius 2 is 2.06 bits per heavy atom. The third-order valence-electron chi connectivity index (χ3n) is 3.43. The van der Waals surface area contributed by atoms with Crippen LogP contribution in [0, 0.1) is 0 Å². The summed E-state index contributed by atoms with van der Waals surface area (Å²) in [5.74, 6) is -0.384. The first-order valence-corrected chi connectivity index (χ1v) is 5.92. The van der Waals surface area contributed by atoms with Crippen LogP contribution in [0.4, 0.5) is 5.69 Å². The van der Waals surface area contributed by atoms with Crippen molar-refractivity contribution in [2.75, 3.05) is 5.73 Å². The summed E-state index contributed by atoms with van der Waals surface area (Å²) in [4.78, 5) is 12.1. The zero-order valence-electron chi connectivity index (χ0n) is 9.99. The molecule has 1 fully saturated rings. The Labute approximate surface area is 101 Å². The first-order valence-electron chi connectivity index (χ1n) is 5.92. The number of anilines is 1. The highest BCUT2D eigenvalue weighted by molar-refractivity contribution is 5.98. The van der Waals surface area contributed by atoms with Crippen LogP contribution >= 0.6 is 0 Å². The van der Waals surface area contributed by atoms with E-state index in [-0.39, 0.29) is 28.4 Å². The maximum absolute atomic E-state index is 12.1. The molecule has 2 rings (SSSR count). The van der Waals surface area contributed by atoms with Gasteiger partial charge in [0.05, 0.1) is 11.3 Å². The van der Waals surface area contributed by atoms with Crippen molar-refractivity contribution in [3.63, 3.8) is 0 Å². The molecule has 0 aliphatic heterocycles. The lowest BCUT2D eigenvalue weighted by Crippen LogP contribution is -2.43. The molecule has 0 spiro atoms. The van der Waals surface area contributed by atoms with Crippen molar-refractivity contribution in [3.8, 4) is 5.75 Å². The molecule has 1 amide bonds. The van der Waals surface area contributed by atoms with Crippen molar-refractivity contribution in [2.24, 2.45) is 0 Å². The predicted octanol–water partition coefficient (Wildman–Crippen LogP) is 2.04. The first-order chi connectivity index (χ1) is 8.02. The van der Waals surface area contributed by atoms with Crippen molar-refractivity contribution in [2.45, 2.75) is 38.1 Å². The molecule has 0 saturated heterocycles. The van der Waals surface area contributed by atoms with Crippen LogP contribution in [-0.2, 0) is 0 Å². The van der Waals surface area contributed by atoms with Gasteiger partial charge < -0.3 is 16.2 Å². The summed E-state index contributed by atoms with van der Waals surface area (Å²) in [5, 5.41) is 12.7. The van der Waals surface area contributed by atoms with Gasteiger partial charge in [-0.05, 0) is 31.9 Å². The molecule has 4 N–H and O–H groups in total. The van der Waals surface area contributed by atoms with Gasteiger partial charge in [0.2, 0.25) is 0 Å². The Morgan fingerprint density at radius 1 is 1.41 bits per heavy atom. The van der Waals surface area contributed by atoms with Crippen LogP contribution in [0.15, 0.2) is 18.2 Å². The van der Waals surface area contributed by atoms with Gasteiger partial charge in [0.15, 0.2) is 5.75 Å². The zero-order valence-corrected chi connectivity index (χ0v) is 9.99. The fourth-order valence-corrected chi connectivity index (χ4v) is 2.37. The minimum atomic E-state index is -0.251. The standard InChI is InChI=1S/C13H18N2O2/c1-13(7-2-3-8-13)15-12(17)9-5-4-6-10(14)11(9)16/h4-6,16H,2-3,7-8,14H2,1H3,(H,15,17). The second-order valence-electron chi connectivity index (χ2n) is 4.97. The van der Waals surface area contributed by atoms with Gasteiger partial charge >= 0.3 is 0 Å². The van der Waals surface area contributed by atoms with E-state index >= 15 is 0 Å². The molecule has 1 aliphatic rings. The molecule has 0 radical (unpaired) electrons. The second kappa shape index (κ2) is 4.28. The average molecular weight is 234 g/mol. The minimum Gasteiger partial charge on any atom is -0.505 e. The number of hydrogen-bond donors (Lipinski definition) is 3. The molecule has 1 aromatic carbocycles. The number of nitrogens with two attached hydrogens (primary N) is 1. The summed E-state index contributed by atoms with van der Waals surface area (Å²) < 4.78 is 0. The molecule has 0 bridgehead atoms. The smallest absolute Gasteiger partial charge is 0.255 e. The van der Waals surface area contributed by atoms with Crippen LogP contribution < -0.4 is 11.1 Å². The Bertz CT molecular complexity index is 437. The number of amides is 1. The van der Waals surface area contributed by atoms with Crippen LogP contribution in [0.1, 0.15) is 43.0 Å². The van der Waals surface area contributed by atoms with E-state index in [4.69, 9.17) is 5.73 Å². The molecule has 17 heavy (non-hydrogen) atoms. The van der Waals surface area contributed by atoms with Crippen molar-refractivity contribution in [3.05, 3.63) is 23.8 Å². The van der Waals surface area contributed by atoms with E-state index in [0.29, 0.717) is 0 Å². The summed E-state index contributed by atoms with van der Waals surface area (Å²) in [5.41, 5.74) is 5.90. The van der Waals surface area contributed by atoms with E-state index in [1.807, 2.05) is 6.92 Å². The monoisotopic (exact) mass is 234 g/mol. The molecule has 4 heteroatoms. The van der Waals surface area contributed by atoms with E-state index in [1.165, 1.54) is 0 Å². The molecular formula is C13H18N2O2. The summed E-state index contributed by atoms with van der Waals surface area (Å²) >= 11 is 0. The highest BCUT2D eigenvalue weighted by Gasteiger charge is 2.31. The number of nitrogens with one attached hydrogen (secondary N) is 1. The van der Waals surface area contributed by atoms with Crippen molar-refractivity contribution < 1.29 is 9.90 Å². The largest absolute Gasteiger partial charge is 0.505 e. The molecule has 0 heterocycles. The quantitative estimate of drug-likeness (QED) is 0.541. The summed E-state index contributed by atoms with van der Waals surface area (Å²) in [6.07, 6.45) is 4.25. The highest BCUT2D eigenvalue weighted by atomic mass is 16.3. The summed E-state index contributed by atoms with van der Waals surface area (Å²) in [6, 6.07) is 4.82. The molecule has 4 nitrogen and oxygen atoms in total. The lowest BCUT2D eigenvalue weighted by molar-refractivity contribution is 0.0905. The lowest BCUT2D eigenvalue weighted by atomic mass is 10.00. The number of phenols is 1. The Kier molecular flexibility index (Phi) is 2.96. The number of aromatic hydroxyl groups is 1. The predicted molar refractivity (Wildman–Crippen MR) is 66.9 cm³/mol. The van der Waals surface area contributed by atoms with E-state index in [9.17, 15) is 9.90 Å². The molecule has 92 valence electrons. The van der Waals surface area contributed by atoms with E-state index in [2.05, 4.69) is 5.32 Å². The van der Waals surface area contributed by atoms with Crippen LogP contribution in [-0.4, -0.2) is 16.6 Å². The molecule has 1 saturated carbocycles. The van der Waals surface area contributed by atoms with Crippen molar-refractivity contribution in [1.29, 1.82) is 0 Å². The van der Waals surface area contributed by atoms with Crippen molar-refractivity contribution in [1.82, 2.24) is 5.32 Å². The Hall–Kier alpha value is -1.71. The number of hydrogen-bond acceptors (Lipinski definition) is 3. The van der Waals surface area contributed by atoms with Crippen LogP contribution in [0.2, 0.25) is 0 Å². The number of carbonyl (C=O) groups excluding carboxylic acids is 1. The van der Waals surface area contributed by atoms with Gasteiger partial charge in [0.1, 0.15) is 0 Å². The number of phenolic OH excluding ortho intramolecular Hbond substituents is 1. The minimum absolute atomic E-state index is 0.133. The average Bonchev–Trinajstić information content (AvgIpc) is 2.68. The van der Waals surface area contributed by atoms with Gasteiger partial charge in [-0.15, -0.1) is 0 Å². The van der Waals surface area contributed by atoms with Gasteiger partial charge in [0.25, 0.3) is 5.91 Å². The SMILES string of the molecule is CC1(NC(=O)c2cccc(N)c2O)CCCC1. The molecule has 1 aliphatic carbocycles. The third kappa shape index (κ3) is 2.35. The number of para-hydroxylation sites is 1. The van der Waals surface area contributed by atoms with Crippen LogP contribution in [0.5, 0.6) is 5.75 Å². The Balaban J connectivity index is 2.17. The van der Waals surface area contributed by atoms with Crippen molar-refractivity contribution >= 4 is 11.6 Å². The molecular weight excluding hydrogens is 216 g/mol. The van der Waals surface area contributed by atoms with E-state index < -0.39 is 0 Å². The van der Waals surface area contributed by atoms with E-state index in [0.717, 1.165) is 25.7 Å². The lowest BCUT2D eigenvalue weighted by Gasteiger charge is -2.25. The van der Waals surface area contributed by atoms with Gasteiger partial charge in [-0.1, -0.05) is 18.9 Å². The number of carbonyl (C=O) groups is 1. The van der Waals surface area contributed by atoms with Gasteiger partial charge in [-0.3, -0.25) is 4.79 Å². The molecule has 0 atom stereocenters. The molecule has 0 aromatic heterocycles. The molecule has 1 aromatic rings. The molecule has 0 unspecified atom stereocenters. The first kappa shape index (κ1) is 11.8. The maximum Gasteiger partial charge on any atom is 0.255 e. The highest BCUT2D eigenvalue weighted by Crippen LogP contribution is 2.30. The maximum atomic E-state index is 12.1.